The first kappa shape index (κ1) is 21.7. The van der Waals surface area contributed by atoms with Crippen LogP contribution in [0, 0.1) is 0 Å². The van der Waals surface area contributed by atoms with Gasteiger partial charge in [0, 0.05) is 33.3 Å². The summed E-state index contributed by atoms with van der Waals surface area (Å²) in [4.78, 5) is 32.8. The quantitative estimate of drug-likeness (QED) is 0.268. The van der Waals surface area contributed by atoms with Gasteiger partial charge in [-0.05, 0) is 11.8 Å². The van der Waals surface area contributed by atoms with Gasteiger partial charge in [0.1, 0.15) is 11.5 Å². The van der Waals surface area contributed by atoms with E-state index in [9.17, 15) is 9.59 Å². The number of fused-ring (bicyclic) bond motifs is 1. The third-order valence-corrected chi connectivity index (χ3v) is 4.88. The molecule has 11 nitrogen and oxygen atoms in total. The van der Waals surface area contributed by atoms with Crippen LogP contribution in [0.4, 0.5) is 5.82 Å². The van der Waals surface area contributed by atoms with Crippen LogP contribution in [0.2, 0.25) is 0 Å². The second-order valence-electron chi connectivity index (χ2n) is 6.25. The molecular weight excluding hydrogens is 408 g/mol. The van der Waals surface area contributed by atoms with Gasteiger partial charge in [-0.25, -0.2) is 19.3 Å². The summed E-state index contributed by atoms with van der Waals surface area (Å²) in [7, 11) is 3.14. The van der Waals surface area contributed by atoms with Crippen LogP contribution in [0.3, 0.4) is 0 Å². The fourth-order valence-electron chi connectivity index (χ4n) is 2.69. The zero-order chi connectivity index (χ0) is 21.5. The van der Waals surface area contributed by atoms with Gasteiger partial charge in [-0.2, -0.15) is 10.2 Å². The summed E-state index contributed by atoms with van der Waals surface area (Å²) in [5.41, 5.74) is 0.594. The molecule has 2 N–H and O–H groups in total. The van der Waals surface area contributed by atoms with Crippen molar-refractivity contribution >= 4 is 34.5 Å². The highest BCUT2D eigenvalue weighted by Crippen LogP contribution is 2.24. The zero-order valence-corrected chi connectivity index (χ0v) is 17.9. The minimum Gasteiger partial charge on any atom is -0.383 e. The van der Waals surface area contributed by atoms with E-state index in [1.165, 1.54) is 19.2 Å². The number of methoxy groups -OCH3 is 1. The Bertz CT molecular complexity index is 1080. The van der Waals surface area contributed by atoms with E-state index < -0.39 is 0 Å². The lowest BCUT2D eigenvalue weighted by atomic mass is 10.3. The van der Waals surface area contributed by atoms with Crippen LogP contribution in [0.25, 0.3) is 11.0 Å². The van der Waals surface area contributed by atoms with Gasteiger partial charge in [-0.15, -0.1) is 0 Å². The Hall–Kier alpha value is -2.99. The van der Waals surface area contributed by atoms with Gasteiger partial charge in [0.25, 0.3) is 11.5 Å². The van der Waals surface area contributed by atoms with Crippen molar-refractivity contribution in [3.63, 3.8) is 0 Å². The average Bonchev–Trinajstić information content (AvgIpc) is 3.13. The van der Waals surface area contributed by atoms with E-state index in [4.69, 9.17) is 4.74 Å². The molecule has 0 atom stereocenters. The number of thioether (sulfide) groups is 1. The maximum Gasteiger partial charge on any atom is 0.271 e. The summed E-state index contributed by atoms with van der Waals surface area (Å²) in [5.74, 6) is 1.19. The number of aromatic nitrogens is 6. The normalized spacial score (nSPS) is 11.0. The Labute approximate surface area is 177 Å². The predicted molar refractivity (Wildman–Crippen MR) is 114 cm³/mol. The summed E-state index contributed by atoms with van der Waals surface area (Å²) in [5, 5.41) is 15.9. The molecule has 0 radical (unpaired) electrons. The number of rotatable bonds is 10. The number of ether oxygens (including phenoxy) is 1. The highest BCUT2D eigenvalue weighted by molar-refractivity contribution is 7.99. The van der Waals surface area contributed by atoms with Crippen molar-refractivity contribution in [3.8, 4) is 0 Å². The molecular formula is C18H24N8O3S. The number of amides is 1. The molecule has 30 heavy (non-hydrogen) atoms. The number of aryl methyl sites for hydroxylation is 1. The van der Waals surface area contributed by atoms with Gasteiger partial charge in [0.2, 0.25) is 0 Å². The van der Waals surface area contributed by atoms with E-state index in [-0.39, 0.29) is 17.2 Å². The average molecular weight is 433 g/mol. The number of anilines is 1. The summed E-state index contributed by atoms with van der Waals surface area (Å²) in [6.45, 7) is 3.96. The van der Waals surface area contributed by atoms with Crippen molar-refractivity contribution in [2.75, 3.05) is 37.9 Å². The van der Waals surface area contributed by atoms with Crippen molar-refractivity contribution in [2.45, 2.75) is 18.6 Å². The molecule has 0 aromatic carbocycles. The van der Waals surface area contributed by atoms with Crippen molar-refractivity contribution in [1.29, 1.82) is 0 Å². The Morgan fingerprint density at radius 2 is 2.10 bits per heavy atom. The molecule has 1 amide bonds. The Morgan fingerprint density at radius 1 is 1.27 bits per heavy atom. The molecule has 0 spiro atoms. The monoisotopic (exact) mass is 432 g/mol. The SMILES string of the molecule is CCSc1nc(NCCOC)c2cnn(CCNC(=O)c3ccc(=O)n(C)n3)c2n1. The van der Waals surface area contributed by atoms with Crippen molar-refractivity contribution in [3.05, 3.63) is 34.4 Å². The first-order valence-corrected chi connectivity index (χ1v) is 10.4. The molecule has 3 aromatic rings. The van der Waals surface area contributed by atoms with Gasteiger partial charge >= 0.3 is 0 Å². The van der Waals surface area contributed by atoms with Crippen molar-refractivity contribution < 1.29 is 9.53 Å². The number of nitrogens with one attached hydrogen (secondary N) is 2. The topological polar surface area (TPSA) is 129 Å². The molecule has 0 aliphatic carbocycles. The standard InChI is InChI=1S/C18H24N8O3S/c1-4-30-18-22-15(19-8-10-29-3)12-11-21-26(16(12)23-18)9-7-20-17(28)13-5-6-14(27)25(2)24-13/h5-6,11H,4,7-10H2,1-3H3,(H,20,28)(H,19,22,23). The minimum atomic E-state index is -0.360. The van der Waals surface area contributed by atoms with Crippen LogP contribution < -0.4 is 16.2 Å². The predicted octanol–water partition coefficient (Wildman–Crippen LogP) is 0.520. The molecule has 12 heteroatoms. The maximum absolute atomic E-state index is 12.3. The highest BCUT2D eigenvalue weighted by Gasteiger charge is 2.14. The maximum atomic E-state index is 12.3. The fourth-order valence-corrected chi connectivity index (χ4v) is 3.25. The van der Waals surface area contributed by atoms with Crippen LogP contribution in [-0.4, -0.2) is 68.0 Å². The van der Waals surface area contributed by atoms with Crippen LogP contribution in [0.5, 0.6) is 0 Å². The van der Waals surface area contributed by atoms with Crippen LogP contribution in [0.15, 0.2) is 28.3 Å². The summed E-state index contributed by atoms with van der Waals surface area (Å²) in [6.07, 6.45) is 1.71. The smallest absolute Gasteiger partial charge is 0.271 e. The highest BCUT2D eigenvalue weighted by atomic mass is 32.2. The first-order chi connectivity index (χ1) is 14.5. The van der Waals surface area contributed by atoms with E-state index in [2.05, 4.69) is 30.8 Å². The molecule has 3 rings (SSSR count). The molecule has 0 saturated carbocycles. The molecule has 3 heterocycles. The first-order valence-electron chi connectivity index (χ1n) is 9.45. The zero-order valence-electron chi connectivity index (χ0n) is 17.1. The van der Waals surface area contributed by atoms with E-state index >= 15 is 0 Å². The van der Waals surface area contributed by atoms with Crippen LogP contribution in [-0.2, 0) is 18.3 Å². The second kappa shape index (κ2) is 10.2. The number of hydrogen-bond donors (Lipinski definition) is 2. The third kappa shape index (κ3) is 5.13. The van der Waals surface area contributed by atoms with Crippen molar-refractivity contribution in [2.24, 2.45) is 7.05 Å². The Morgan fingerprint density at radius 3 is 2.83 bits per heavy atom. The minimum absolute atomic E-state index is 0.177. The van der Waals surface area contributed by atoms with E-state index in [1.807, 2.05) is 6.92 Å². The lowest BCUT2D eigenvalue weighted by molar-refractivity contribution is 0.0944. The van der Waals surface area contributed by atoms with Gasteiger partial charge in [-0.1, -0.05) is 18.7 Å². The van der Waals surface area contributed by atoms with Gasteiger partial charge in [-0.3, -0.25) is 9.59 Å². The third-order valence-electron chi connectivity index (χ3n) is 4.15. The molecule has 0 fully saturated rings. The van der Waals surface area contributed by atoms with Crippen LogP contribution in [0.1, 0.15) is 17.4 Å². The van der Waals surface area contributed by atoms with Crippen LogP contribution >= 0.6 is 11.8 Å². The lowest BCUT2D eigenvalue weighted by Gasteiger charge is -2.09. The van der Waals surface area contributed by atoms with Gasteiger partial charge in [0.05, 0.1) is 24.7 Å². The summed E-state index contributed by atoms with van der Waals surface area (Å²) in [6, 6.07) is 2.71. The summed E-state index contributed by atoms with van der Waals surface area (Å²) >= 11 is 1.54. The Kier molecular flexibility index (Phi) is 7.36. The summed E-state index contributed by atoms with van der Waals surface area (Å²) < 4.78 is 7.94. The van der Waals surface area contributed by atoms with Gasteiger partial charge in [0.15, 0.2) is 10.8 Å². The molecule has 0 bridgehead atoms. The molecule has 0 saturated heterocycles. The number of carbonyl (C=O) groups excluding carboxylic acids is 1. The van der Waals surface area contributed by atoms with Crippen molar-refractivity contribution in [1.82, 2.24) is 34.8 Å². The van der Waals surface area contributed by atoms with E-state index in [0.717, 1.165) is 15.8 Å². The molecule has 0 unspecified atom stereocenters. The largest absolute Gasteiger partial charge is 0.383 e. The molecule has 0 aliphatic heterocycles. The lowest BCUT2D eigenvalue weighted by Crippen LogP contribution is -2.30. The van der Waals surface area contributed by atoms with E-state index in [1.54, 1.807) is 29.8 Å². The fraction of sp³-hybridized carbons (Fsp3) is 0.444. The molecule has 0 aliphatic rings. The van der Waals surface area contributed by atoms with E-state index in [0.29, 0.717) is 42.9 Å². The molecule has 160 valence electrons. The molecule has 3 aromatic heterocycles. The number of nitrogens with zero attached hydrogens (tertiary/aromatic N) is 6. The van der Waals surface area contributed by atoms with Gasteiger partial charge < -0.3 is 15.4 Å². The number of hydrogen-bond acceptors (Lipinski definition) is 9. The second-order valence-corrected chi connectivity index (χ2v) is 7.48. The Balaban J connectivity index is 1.72. The number of carbonyl (C=O) groups is 1.